The van der Waals surface area contributed by atoms with Gasteiger partial charge in [-0.3, -0.25) is 4.79 Å². The van der Waals surface area contributed by atoms with Crippen LogP contribution < -0.4 is 10.1 Å². The largest absolute Gasteiger partial charge is 0.495 e. The molecule has 2 aromatic rings. The maximum atomic E-state index is 12.3. The molecule has 1 N–H and O–H groups in total. The topological polar surface area (TPSA) is 38.3 Å². The van der Waals surface area contributed by atoms with E-state index in [9.17, 15) is 4.79 Å². The number of anilines is 1. The van der Waals surface area contributed by atoms with Crippen LogP contribution in [0.25, 0.3) is 0 Å². The highest BCUT2D eigenvalue weighted by atomic mass is 79.9. The van der Waals surface area contributed by atoms with Crippen LogP contribution in [0.3, 0.4) is 0 Å². The number of hydrogen-bond acceptors (Lipinski definition) is 2. The number of rotatable bonds is 3. The number of methoxy groups -OCH3 is 1. The molecule has 0 radical (unpaired) electrons. The predicted octanol–water partition coefficient (Wildman–Crippen LogP) is 4.67. The minimum absolute atomic E-state index is 0.225. The Labute approximate surface area is 131 Å². The summed E-state index contributed by atoms with van der Waals surface area (Å²) in [4.78, 5) is 12.3. The Morgan fingerprint density at radius 2 is 2.00 bits per heavy atom. The highest BCUT2D eigenvalue weighted by molar-refractivity contribution is 9.10. The lowest BCUT2D eigenvalue weighted by molar-refractivity contribution is 0.102. The quantitative estimate of drug-likeness (QED) is 0.869. The lowest BCUT2D eigenvalue weighted by Gasteiger charge is -2.12. The highest BCUT2D eigenvalue weighted by Gasteiger charge is 2.13. The van der Waals surface area contributed by atoms with Crippen molar-refractivity contribution in [3.63, 3.8) is 0 Å². The van der Waals surface area contributed by atoms with Crippen LogP contribution in [0.4, 0.5) is 5.69 Å². The van der Waals surface area contributed by atoms with Gasteiger partial charge in [0.2, 0.25) is 0 Å². The molecule has 0 aromatic heterocycles. The van der Waals surface area contributed by atoms with E-state index in [1.807, 2.05) is 25.1 Å². The maximum Gasteiger partial charge on any atom is 0.256 e. The van der Waals surface area contributed by atoms with E-state index >= 15 is 0 Å². The second-order valence-electron chi connectivity index (χ2n) is 4.28. The summed E-state index contributed by atoms with van der Waals surface area (Å²) in [7, 11) is 1.57. The van der Waals surface area contributed by atoms with E-state index in [0.717, 1.165) is 5.56 Å². The van der Waals surface area contributed by atoms with E-state index in [-0.39, 0.29) is 5.91 Å². The first kappa shape index (κ1) is 14.9. The first-order valence-corrected chi connectivity index (χ1v) is 7.09. The molecule has 3 nitrogen and oxygen atoms in total. The van der Waals surface area contributed by atoms with Crippen LogP contribution in [0, 0.1) is 6.92 Å². The lowest BCUT2D eigenvalue weighted by Crippen LogP contribution is -2.13. The van der Waals surface area contributed by atoms with Gasteiger partial charge in [0.15, 0.2) is 0 Å². The van der Waals surface area contributed by atoms with Gasteiger partial charge in [-0.05, 0) is 58.7 Å². The fourth-order valence-corrected chi connectivity index (χ4v) is 2.65. The zero-order valence-electron chi connectivity index (χ0n) is 11.0. The Balaban J connectivity index is 2.30. The van der Waals surface area contributed by atoms with E-state index in [4.69, 9.17) is 16.3 Å². The molecule has 0 spiro atoms. The summed E-state index contributed by atoms with van der Waals surface area (Å²) in [6.07, 6.45) is 0. The molecular weight excluding hydrogens is 342 g/mol. The van der Waals surface area contributed by atoms with E-state index < -0.39 is 0 Å². The molecule has 0 saturated carbocycles. The van der Waals surface area contributed by atoms with Gasteiger partial charge < -0.3 is 10.1 Å². The Morgan fingerprint density at radius 3 is 2.65 bits per heavy atom. The fraction of sp³-hybridized carbons (Fsp3) is 0.133. The van der Waals surface area contributed by atoms with Gasteiger partial charge in [0, 0.05) is 9.50 Å². The molecule has 0 fully saturated rings. The van der Waals surface area contributed by atoms with E-state index in [2.05, 4.69) is 21.2 Å². The Kier molecular flexibility index (Phi) is 4.68. The van der Waals surface area contributed by atoms with Gasteiger partial charge in [-0.15, -0.1) is 0 Å². The van der Waals surface area contributed by atoms with Crippen LogP contribution in [0.5, 0.6) is 5.75 Å². The minimum Gasteiger partial charge on any atom is -0.495 e. The van der Waals surface area contributed by atoms with Gasteiger partial charge in [-0.2, -0.15) is 0 Å². The molecule has 0 bridgehead atoms. The van der Waals surface area contributed by atoms with Gasteiger partial charge in [0.05, 0.1) is 18.4 Å². The summed E-state index contributed by atoms with van der Waals surface area (Å²) in [5, 5.41) is 3.41. The lowest BCUT2D eigenvalue weighted by atomic mass is 10.1. The Bertz CT molecular complexity index is 658. The highest BCUT2D eigenvalue weighted by Crippen LogP contribution is 2.27. The standard InChI is InChI=1S/C15H13BrClNO2/c1-9-3-6-14(20-2)13(7-9)18-15(19)11-5-4-10(17)8-12(11)16/h3-8H,1-2H3,(H,18,19). The molecule has 2 rings (SSSR count). The smallest absolute Gasteiger partial charge is 0.256 e. The molecule has 1 amide bonds. The van der Waals surface area contributed by atoms with Crippen molar-refractivity contribution in [1.29, 1.82) is 0 Å². The van der Waals surface area contributed by atoms with Crippen LogP contribution >= 0.6 is 27.5 Å². The summed E-state index contributed by atoms with van der Waals surface area (Å²) < 4.78 is 5.89. The van der Waals surface area contributed by atoms with Gasteiger partial charge in [-0.1, -0.05) is 17.7 Å². The predicted molar refractivity (Wildman–Crippen MR) is 84.8 cm³/mol. The molecule has 5 heteroatoms. The monoisotopic (exact) mass is 353 g/mol. The molecule has 0 aliphatic heterocycles. The van der Waals surface area contributed by atoms with Crippen molar-refractivity contribution in [3.8, 4) is 5.75 Å². The van der Waals surface area contributed by atoms with Gasteiger partial charge >= 0.3 is 0 Å². The van der Waals surface area contributed by atoms with Crippen LogP contribution in [-0.2, 0) is 0 Å². The van der Waals surface area contributed by atoms with Gasteiger partial charge in [0.25, 0.3) is 5.91 Å². The fourth-order valence-electron chi connectivity index (χ4n) is 1.78. The first-order chi connectivity index (χ1) is 9.51. The molecular formula is C15H13BrClNO2. The van der Waals surface area contributed by atoms with Crippen LogP contribution in [-0.4, -0.2) is 13.0 Å². The molecule has 2 aromatic carbocycles. The van der Waals surface area contributed by atoms with Crippen molar-refractivity contribution in [2.75, 3.05) is 12.4 Å². The molecule has 20 heavy (non-hydrogen) atoms. The zero-order valence-corrected chi connectivity index (χ0v) is 13.4. The van der Waals surface area contributed by atoms with Crippen molar-refractivity contribution in [2.45, 2.75) is 6.92 Å². The number of carbonyl (C=O) groups is 1. The van der Waals surface area contributed by atoms with Crippen molar-refractivity contribution >= 4 is 39.1 Å². The molecule has 0 unspecified atom stereocenters. The summed E-state index contributed by atoms with van der Waals surface area (Å²) in [6, 6.07) is 10.6. The normalized spacial score (nSPS) is 10.2. The number of ether oxygens (including phenoxy) is 1. The number of amides is 1. The number of hydrogen-bond donors (Lipinski definition) is 1. The number of halogens is 2. The molecule has 0 heterocycles. The minimum atomic E-state index is -0.225. The van der Waals surface area contributed by atoms with E-state index in [1.165, 1.54) is 0 Å². The summed E-state index contributed by atoms with van der Waals surface area (Å²) in [5.41, 5.74) is 2.19. The zero-order chi connectivity index (χ0) is 14.7. The van der Waals surface area contributed by atoms with Crippen molar-refractivity contribution < 1.29 is 9.53 Å². The molecule has 0 aliphatic carbocycles. The second-order valence-corrected chi connectivity index (χ2v) is 5.57. The SMILES string of the molecule is COc1ccc(C)cc1NC(=O)c1ccc(Cl)cc1Br. The number of aryl methyl sites for hydroxylation is 1. The average molecular weight is 355 g/mol. The van der Waals surface area contributed by atoms with Gasteiger partial charge in [0.1, 0.15) is 5.75 Å². The molecule has 0 saturated heterocycles. The van der Waals surface area contributed by atoms with Crippen LogP contribution in [0.2, 0.25) is 5.02 Å². The third kappa shape index (κ3) is 3.32. The summed E-state index contributed by atoms with van der Waals surface area (Å²) in [6.45, 7) is 1.95. The summed E-state index contributed by atoms with van der Waals surface area (Å²) in [5.74, 6) is 0.395. The first-order valence-electron chi connectivity index (χ1n) is 5.92. The Morgan fingerprint density at radius 1 is 1.25 bits per heavy atom. The molecule has 0 atom stereocenters. The van der Waals surface area contributed by atoms with Crippen molar-refractivity contribution in [1.82, 2.24) is 0 Å². The second kappa shape index (κ2) is 6.29. The van der Waals surface area contributed by atoms with Crippen molar-refractivity contribution in [2.24, 2.45) is 0 Å². The number of benzene rings is 2. The van der Waals surface area contributed by atoms with Crippen LogP contribution in [0.1, 0.15) is 15.9 Å². The van der Waals surface area contributed by atoms with Crippen molar-refractivity contribution in [3.05, 3.63) is 57.0 Å². The third-order valence-corrected chi connectivity index (χ3v) is 3.67. The van der Waals surface area contributed by atoms with Crippen LogP contribution in [0.15, 0.2) is 40.9 Å². The number of nitrogens with one attached hydrogen (secondary N) is 1. The number of carbonyl (C=O) groups excluding carboxylic acids is 1. The molecule has 0 aliphatic rings. The van der Waals surface area contributed by atoms with E-state index in [1.54, 1.807) is 25.3 Å². The summed E-state index contributed by atoms with van der Waals surface area (Å²) >= 11 is 9.20. The van der Waals surface area contributed by atoms with Gasteiger partial charge in [-0.25, -0.2) is 0 Å². The maximum absolute atomic E-state index is 12.3. The Hall–Kier alpha value is -1.52. The third-order valence-electron chi connectivity index (χ3n) is 2.78. The van der Waals surface area contributed by atoms with E-state index in [0.29, 0.717) is 26.5 Å². The molecule has 104 valence electrons. The average Bonchev–Trinajstić information content (AvgIpc) is 2.38.